The third-order valence-electron chi connectivity index (χ3n) is 4.95. The molecule has 3 atom stereocenters. The minimum absolute atomic E-state index is 0.465. The molecule has 0 radical (unpaired) electrons. The minimum atomic E-state index is 0.465. The highest BCUT2D eigenvalue weighted by Crippen LogP contribution is 2.37. The number of fused-ring (bicyclic) bond motifs is 2. The lowest BCUT2D eigenvalue weighted by Crippen LogP contribution is -2.42. The Morgan fingerprint density at radius 1 is 1.42 bits per heavy atom. The van der Waals surface area contributed by atoms with Crippen LogP contribution in [0.25, 0.3) is 0 Å². The molecule has 3 rings (SSSR count). The van der Waals surface area contributed by atoms with Gasteiger partial charge in [0.25, 0.3) is 0 Å². The number of hydrogen-bond acceptors (Lipinski definition) is 3. The Labute approximate surface area is 128 Å². The zero-order valence-electron chi connectivity index (χ0n) is 11.7. The van der Waals surface area contributed by atoms with E-state index >= 15 is 0 Å². The van der Waals surface area contributed by atoms with Gasteiger partial charge in [-0.1, -0.05) is 0 Å². The smallest absolute Gasteiger partial charge is 0.0397 e. The molecule has 0 aromatic carbocycles. The van der Waals surface area contributed by atoms with Gasteiger partial charge in [0.15, 0.2) is 0 Å². The van der Waals surface area contributed by atoms with Crippen LogP contribution in [0, 0.1) is 5.92 Å². The molecule has 3 unspecified atom stereocenters. The van der Waals surface area contributed by atoms with E-state index < -0.39 is 0 Å². The van der Waals surface area contributed by atoms with E-state index in [0.29, 0.717) is 6.04 Å². The van der Waals surface area contributed by atoms with E-state index in [1.807, 2.05) is 11.3 Å². The molecule has 19 heavy (non-hydrogen) atoms. The third kappa shape index (κ3) is 2.92. The molecule has 1 N–H and O–H groups in total. The summed E-state index contributed by atoms with van der Waals surface area (Å²) in [4.78, 5) is 4.05. The fourth-order valence-electron chi connectivity index (χ4n) is 3.74. The summed E-state index contributed by atoms with van der Waals surface area (Å²) in [5, 5.41) is 5.90. The van der Waals surface area contributed by atoms with E-state index in [9.17, 15) is 0 Å². The average Bonchev–Trinajstić information content (AvgIpc) is 2.87. The maximum atomic E-state index is 3.74. The Morgan fingerprint density at radius 2 is 2.11 bits per heavy atom. The number of rotatable bonds is 4. The highest BCUT2D eigenvalue weighted by molar-refractivity contribution is 9.10. The molecule has 0 amide bonds. The molecule has 2 aliphatic heterocycles. The van der Waals surface area contributed by atoms with E-state index in [0.717, 1.165) is 18.0 Å². The summed E-state index contributed by atoms with van der Waals surface area (Å²) in [5.41, 5.74) is 0. The maximum Gasteiger partial charge on any atom is 0.0397 e. The maximum absolute atomic E-state index is 3.74. The fraction of sp³-hybridized carbons (Fsp3) is 0.733. The number of nitrogens with one attached hydrogen (secondary N) is 1. The number of hydrogen-bond donors (Lipinski definition) is 1. The Morgan fingerprint density at radius 3 is 2.68 bits per heavy atom. The lowest BCUT2D eigenvalue weighted by atomic mass is 9.91. The molecule has 0 spiro atoms. The minimum Gasteiger partial charge on any atom is -0.309 e. The van der Waals surface area contributed by atoms with Crippen LogP contribution in [0.5, 0.6) is 0 Å². The van der Waals surface area contributed by atoms with E-state index in [1.54, 1.807) is 0 Å². The van der Waals surface area contributed by atoms with Gasteiger partial charge >= 0.3 is 0 Å². The largest absolute Gasteiger partial charge is 0.309 e. The van der Waals surface area contributed by atoms with Gasteiger partial charge in [-0.2, -0.15) is 0 Å². The van der Waals surface area contributed by atoms with Crippen molar-refractivity contribution in [1.29, 1.82) is 0 Å². The second-order valence-electron chi connectivity index (χ2n) is 6.15. The summed E-state index contributed by atoms with van der Waals surface area (Å²) in [6.07, 6.45) is 5.62. The predicted octanol–water partition coefficient (Wildman–Crippen LogP) is 4.03. The van der Waals surface area contributed by atoms with Crippen molar-refractivity contribution in [3.8, 4) is 0 Å². The Kier molecular flexibility index (Phi) is 4.32. The first-order valence-corrected chi connectivity index (χ1v) is 9.00. The summed E-state index contributed by atoms with van der Waals surface area (Å²) in [6.45, 7) is 3.45. The van der Waals surface area contributed by atoms with Crippen molar-refractivity contribution in [2.24, 2.45) is 5.92 Å². The first kappa shape index (κ1) is 14.1. The van der Waals surface area contributed by atoms with E-state index in [-0.39, 0.29) is 0 Å². The van der Waals surface area contributed by atoms with E-state index in [4.69, 9.17) is 0 Å². The zero-order chi connectivity index (χ0) is 13.4. The molecule has 2 saturated heterocycles. The molecule has 2 aliphatic rings. The highest BCUT2D eigenvalue weighted by atomic mass is 79.9. The first-order valence-electron chi connectivity index (χ1n) is 7.33. The van der Waals surface area contributed by atoms with Crippen molar-refractivity contribution in [2.45, 2.75) is 50.7 Å². The molecule has 1 aromatic heterocycles. The van der Waals surface area contributed by atoms with Crippen LogP contribution in [0.15, 0.2) is 15.9 Å². The van der Waals surface area contributed by atoms with Gasteiger partial charge in [-0.05, 0) is 79.5 Å². The van der Waals surface area contributed by atoms with Crippen molar-refractivity contribution in [3.63, 3.8) is 0 Å². The van der Waals surface area contributed by atoms with E-state index in [1.165, 1.54) is 41.6 Å². The molecule has 4 heteroatoms. The van der Waals surface area contributed by atoms with Crippen LogP contribution < -0.4 is 5.32 Å². The second-order valence-corrected chi connectivity index (χ2v) is 7.95. The van der Waals surface area contributed by atoms with Crippen LogP contribution in [0.2, 0.25) is 0 Å². The summed E-state index contributed by atoms with van der Waals surface area (Å²) in [7, 11) is 2.32. The van der Waals surface area contributed by atoms with Crippen molar-refractivity contribution in [3.05, 3.63) is 20.8 Å². The highest BCUT2D eigenvalue weighted by Gasteiger charge is 2.38. The van der Waals surface area contributed by atoms with Crippen molar-refractivity contribution in [1.82, 2.24) is 10.2 Å². The first-order chi connectivity index (χ1) is 9.15. The van der Waals surface area contributed by atoms with Gasteiger partial charge < -0.3 is 10.2 Å². The molecule has 106 valence electrons. The Balaban J connectivity index is 1.52. The molecular formula is C15H23BrN2S. The van der Waals surface area contributed by atoms with Crippen molar-refractivity contribution in [2.75, 3.05) is 13.6 Å². The second kappa shape index (κ2) is 5.84. The van der Waals surface area contributed by atoms with Gasteiger partial charge in [0.2, 0.25) is 0 Å². The van der Waals surface area contributed by atoms with Gasteiger partial charge in [0, 0.05) is 27.5 Å². The van der Waals surface area contributed by atoms with Gasteiger partial charge in [-0.3, -0.25) is 0 Å². The SMILES string of the molecule is CC(NCC1CC2CCC(C1)N2C)c1sccc1Br. The van der Waals surface area contributed by atoms with Gasteiger partial charge in [-0.25, -0.2) is 0 Å². The van der Waals surface area contributed by atoms with Gasteiger partial charge in [0.1, 0.15) is 0 Å². The summed E-state index contributed by atoms with van der Waals surface area (Å²) >= 11 is 5.47. The fourth-order valence-corrected chi connectivity index (χ4v) is 5.49. The molecule has 2 fully saturated rings. The number of thiophene rings is 1. The lowest BCUT2D eigenvalue weighted by molar-refractivity contribution is 0.131. The zero-order valence-corrected chi connectivity index (χ0v) is 14.1. The van der Waals surface area contributed by atoms with Crippen LogP contribution in [-0.4, -0.2) is 30.6 Å². The van der Waals surface area contributed by atoms with Crippen molar-refractivity contribution < 1.29 is 0 Å². The third-order valence-corrected chi connectivity index (χ3v) is 7.00. The normalized spacial score (nSPS) is 32.7. The molecule has 3 heterocycles. The Bertz CT molecular complexity index is 420. The van der Waals surface area contributed by atoms with Gasteiger partial charge in [-0.15, -0.1) is 11.3 Å². The molecule has 2 nitrogen and oxygen atoms in total. The summed E-state index contributed by atoms with van der Waals surface area (Å²) in [6, 6.07) is 4.32. The quantitative estimate of drug-likeness (QED) is 0.888. The Hall–Kier alpha value is 0.100. The predicted molar refractivity (Wildman–Crippen MR) is 85.7 cm³/mol. The van der Waals surface area contributed by atoms with Crippen LogP contribution in [0.1, 0.15) is 43.5 Å². The van der Waals surface area contributed by atoms with E-state index in [2.05, 4.69) is 51.6 Å². The average molecular weight is 343 g/mol. The monoisotopic (exact) mass is 342 g/mol. The number of nitrogens with zero attached hydrogens (tertiary/aromatic N) is 1. The molecule has 2 bridgehead atoms. The number of halogens is 1. The molecule has 0 aliphatic carbocycles. The van der Waals surface area contributed by atoms with Crippen molar-refractivity contribution >= 4 is 27.3 Å². The topological polar surface area (TPSA) is 15.3 Å². The number of piperidine rings is 1. The van der Waals surface area contributed by atoms with Crippen LogP contribution in [0.4, 0.5) is 0 Å². The summed E-state index contributed by atoms with van der Waals surface area (Å²) in [5.74, 6) is 0.870. The lowest BCUT2D eigenvalue weighted by Gasteiger charge is -2.36. The van der Waals surface area contributed by atoms with Crippen LogP contribution in [0.3, 0.4) is 0 Å². The molecule has 0 saturated carbocycles. The van der Waals surface area contributed by atoms with Crippen LogP contribution >= 0.6 is 27.3 Å². The van der Waals surface area contributed by atoms with Crippen LogP contribution in [-0.2, 0) is 0 Å². The standard InChI is InChI=1S/C15H23BrN2S/c1-10(15-14(16)5-6-19-15)17-9-11-7-12-3-4-13(8-11)18(12)2/h5-6,10-13,17H,3-4,7-9H2,1-2H3. The van der Waals surface area contributed by atoms with Gasteiger partial charge in [0.05, 0.1) is 0 Å². The molecule has 1 aromatic rings. The summed E-state index contributed by atoms with van der Waals surface area (Å²) < 4.78 is 1.25. The molecular weight excluding hydrogens is 320 g/mol.